The minimum atomic E-state index is -4.55. The molecule has 0 atom stereocenters. The molecule has 0 aromatic heterocycles. The third-order valence-corrected chi connectivity index (χ3v) is 6.64. The molecule has 1 aromatic carbocycles. The molecule has 0 saturated carbocycles. The van der Waals surface area contributed by atoms with Crippen molar-refractivity contribution in [2.75, 3.05) is 39.3 Å². The van der Waals surface area contributed by atoms with Crippen LogP contribution in [0.1, 0.15) is 18.4 Å². The number of methoxy groups -OCH3 is 1. The number of piperidine rings is 1. The number of thioether (sulfide) groups is 1. The van der Waals surface area contributed by atoms with Gasteiger partial charge in [-0.3, -0.25) is 4.90 Å². The minimum Gasteiger partial charge on any atom is -0.496 e. The van der Waals surface area contributed by atoms with Gasteiger partial charge in [0.05, 0.1) is 13.4 Å². The first-order valence-electron chi connectivity index (χ1n) is 8.50. The first kappa shape index (κ1) is 22.3. The summed E-state index contributed by atoms with van der Waals surface area (Å²) < 4.78 is 67.9. The molecule has 1 fully saturated rings. The van der Waals surface area contributed by atoms with Gasteiger partial charge < -0.3 is 4.74 Å². The zero-order valence-corrected chi connectivity index (χ0v) is 17.3. The largest absolute Gasteiger partial charge is 0.496 e. The minimum absolute atomic E-state index is 0.378. The van der Waals surface area contributed by atoms with Gasteiger partial charge in [-0.15, -0.1) is 11.8 Å². The summed E-state index contributed by atoms with van der Waals surface area (Å²) in [6.45, 7) is 0.308. The molecule has 0 amide bonds. The Bertz CT molecular complexity index is 733. The van der Waals surface area contributed by atoms with E-state index in [1.54, 1.807) is 18.9 Å². The summed E-state index contributed by atoms with van der Waals surface area (Å²) in [6, 6.07) is 5.34. The van der Waals surface area contributed by atoms with Crippen LogP contribution < -0.4 is 4.74 Å². The van der Waals surface area contributed by atoms with Crippen molar-refractivity contribution in [3.8, 4) is 5.75 Å². The predicted octanol–water partition coefficient (Wildman–Crippen LogP) is 3.21. The Kier molecular flexibility index (Phi) is 7.46. The molecule has 0 radical (unpaired) electrons. The highest BCUT2D eigenvalue weighted by atomic mass is 32.2. The molecule has 0 N–H and O–H groups in total. The molecule has 10 heteroatoms. The number of halogens is 3. The van der Waals surface area contributed by atoms with E-state index < -0.39 is 28.8 Å². The van der Waals surface area contributed by atoms with Gasteiger partial charge in [0.2, 0.25) is 10.0 Å². The number of ether oxygens (including phenoxy) is 1. The van der Waals surface area contributed by atoms with Crippen molar-refractivity contribution in [3.05, 3.63) is 23.8 Å². The second kappa shape index (κ2) is 9.02. The van der Waals surface area contributed by atoms with Gasteiger partial charge >= 0.3 is 6.18 Å². The summed E-state index contributed by atoms with van der Waals surface area (Å²) in [6.07, 6.45) is -0.983. The Labute approximate surface area is 162 Å². The van der Waals surface area contributed by atoms with Crippen molar-refractivity contribution in [1.29, 1.82) is 0 Å². The number of rotatable bonds is 7. The van der Waals surface area contributed by atoms with E-state index in [0.717, 1.165) is 22.5 Å². The van der Waals surface area contributed by atoms with Crippen molar-refractivity contribution in [2.45, 2.75) is 36.5 Å². The molecule has 154 valence electrons. The molecule has 1 saturated heterocycles. The zero-order valence-electron chi connectivity index (χ0n) is 15.6. The molecule has 1 aromatic rings. The number of benzene rings is 1. The highest BCUT2D eigenvalue weighted by molar-refractivity contribution is 7.98. The van der Waals surface area contributed by atoms with Gasteiger partial charge in [-0.1, -0.05) is 6.07 Å². The quantitative estimate of drug-likeness (QED) is 0.627. The van der Waals surface area contributed by atoms with Crippen LogP contribution in [0.5, 0.6) is 5.75 Å². The van der Waals surface area contributed by atoms with E-state index in [2.05, 4.69) is 4.90 Å². The van der Waals surface area contributed by atoms with Crippen molar-refractivity contribution in [1.82, 2.24) is 9.21 Å². The summed E-state index contributed by atoms with van der Waals surface area (Å²) in [7, 11) is -2.30. The van der Waals surface area contributed by atoms with Gasteiger partial charge in [-0.25, -0.2) is 8.42 Å². The molecule has 1 aliphatic rings. The van der Waals surface area contributed by atoms with Crippen molar-refractivity contribution in [2.24, 2.45) is 0 Å². The second-order valence-electron chi connectivity index (χ2n) is 6.62. The number of nitrogens with zero attached hydrogens (tertiary/aromatic N) is 2. The zero-order chi connectivity index (χ0) is 20.2. The molecular weight excluding hydrogens is 401 g/mol. The van der Waals surface area contributed by atoms with Crippen molar-refractivity contribution in [3.63, 3.8) is 0 Å². The van der Waals surface area contributed by atoms with Crippen LogP contribution in [0.25, 0.3) is 0 Å². The summed E-state index contributed by atoms with van der Waals surface area (Å²) >= 11 is 1.59. The molecule has 1 aliphatic heterocycles. The van der Waals surface area contributed by atoms with E-state index >= 15 is 0 Å². The van der Waals surface area contributed by atoms with E-state index in [1.807, 2.05) is 24.5 Å². The van der Waals surface area contributed by atoms with Crippen molar-refractivity contribution < 1.29 is 26.3 Å². The van der Waals surface area contributed by atoms with Crippen molar-refractivity contribution >= 4 is 21.8 Å². The predicted molar refractivity (Wildman–Crippen MR) is 101 cm³/mol. The lowest BCUT2D eigenvalue weighted by atomic mass is 10.0. The van der Waals surface area contributed by atoms with Crippen LogP contribution in [0.15, 0.2) is 23.1 Å². The molecule has 5 nitrogen and oxygen atoms in total. The first-order chi connectivity index (χ1) is 12.5. The highest BCUT2D eigenvalue weighted by Gasteiger charge is 2.39. The molecule has 0 bridgehead atoms. The van der Waals surface area contributed by atoms with Crippen LogP contribution in [0, 0.1) is 0 Å². The topological polar surface area (TPSA) is 49.9 Å². The second-order valence-corrected chi connectivity index (χ2v) is 9.40. The number of likely N-dealkylation sites (tertiary alicyclic amines) is 1. The Morgan fingerprint density at radius 3 is 2.41 bits per heavy atom. The number of sulfonamides is 1. The Morgan fingerprint density at radius 2 is 1.93 bits per heavy atom. The van der Waals surface area contributed by atoms with Crippen LogP contribution >= 0.6 is 11.8 Å². The standard InChI is InChI=1S/C17H25F3N2O3S2/c1-25-15-10-13(4-5-16(15)26-2)11-21-8-6-14(7-9-21)22(27(3,23)24)12-17(18,19)20/h4-5,10,14H,6-9,11-12H2,1-3H3. The number of hydrogen-bond acceptors (Lipinski definition) is 5. The van der Waals surface area contributed by atoms with Crippen LogP contribution in [-0.2, 0) is 16.6 Å². The molecular formula is C17H25F3N2O3S2. The first-order valence-corrected chi connectivity index (χ1v) is 11.6. The van der Waals surface area contributed by atoms with Crippen LogP contribution in [0.2, 0.25) is 0 Å². The van der Waals surface area contributed by atoms with Gasteiger partial charge in [-0.2, -0.15) is 17.5 Å². The van der Waals surface area contributed by atoms with Crippen LogP contribution in [-0.4, -0.2) is 69.1 Å². The fraction of sp³-hybridized carbons (Fsp3) is 0.647. The fourth-order valence-electron chi connectivity index (χ4n) is 3.30. The molecule has 0 aliphatic carbocycles. The van der Waals surface area contributed by atoms with E-state index in [-0.39, 0.29) is 0 Å². The van der Waals surface area contributed by atoms with E-state index in [1.165, 1.54) is 0 Å². The number of alkyl halides is 3. The maximum atomic E-state index is 12.8. The normalized spacial score (nSPS) is 17.4. The third-order valence-electron chi connectivity index (χ3n) is 4.58. The SMILES string of the molecule is COc1cc(CN2CCC(N(CC(F)(F)F)S(C)(=O)=O)CC2)ccc1SC. The van der Waals surface area contributed by atoms with E-state index in [4.69, 9.17) is 4.74 Å². The van der Waals surface area contributed by atoms with Gasteiger partial charge in [0.15, 0.2) is 0 Å². The fourth-order valence-corrected chi connectivity index (χ4v) is 4.98. The Morgan fingerprint density at radius 1 is 1.30 bits per heavy atom. The van der Waals surface area contributed by atoms with Gasteiger partial charge in [-0.05, 0) is 36.8 Å². The van der Waals surface area contributed by atoms with Crippen LogP contribution in [0.3, 0.4) is 0 Å². The lowest BCUT2D eigenvalue weighted by Crippen LogP contribution is -2.49. The number of hydrogen-bond donors (Lipinski definition) is 0. The monoisotopic (exact) mass is 426 g/mol. The average Bonchev–Trinajstić information content (AvgIpc) is 2.59. The summed E-state index contributed by atoms with van der Waals surface area (Å²) in [5, 5.41) is 0. The Hall–Kier alpha value is -0.970. The summed E-state index contributed by atoms with van der Waals surface area (Å²) in [4.78, 5) is 3.16. The summed E-state index contributed by atoms with van der Waals surface area (Å²) in [5.41, 5.74) is 1.05. The lowest BCUT2D eigenvalue weighted by Gasteiger charge is -2.37. The molecule has 2 rings (SSSR count). The van der Waals surface area contributed by atoms with Gasteiger partial charge in [0.25, 0.3) is 0 Å². The maximum absolute atomic E-state index is 12.8. The van der Waals surface area contributed by atoms with E-state index in [9.17, 15) is 21.6 Å². The summed E-state index contributed by atoms with van der Waals surface area (Å²) in [5.74, 6) is 0.795. The van der Waals surface area contributed by atoms with Crippen LogP contribution in [0.4, 0.5) is 13.2 Å². The van der Waals surface area contributed by atoms with Gasteiger partial charge in [0.1, 0.15) is 12.3 Å². The maximum Gasteiger partial charge on any atom is 0.402 e. The smallest absolute Gasteiger partial charge is 0.402 e. The average molecular weight is 427 g/mol. The molecule has 27 heavy (non-hydrogen) atoms. The molecule has 0 spiro atoms. The third kappa shape index (κ3) is 6.55. The van der Waals surface area contributed by atoms with Gasteiger partial charge in [0, 0.05) is 30.6 Å². The highest BCUT2D eigenvalue weighted by Crippen LogP contribution is 2.30. The lowest BCUT2D eigenvalue weighted by molar-refractivity contribution is -0.140. The van der Waals surface area contributed by atoms with E-state index in [0.29, 0.717) is 36.8 Å². The Balaban J connectivity index is 2.00. The molecule has 0 unspecified atom stereocenters. The molecule has 1 heterocycles.